The molecule has 1 aliphatic rings. The van der Waals surface area contributed by atoms with Crippen LogP contribution in [0.15, 0.2) is 17.1 Å². The van der Waals surface area contributed by atoms with E-state index >= 15 is 0 Å². The Hall–Kier alpha value is -2.11. The van der Waals surface area contributed by atoms with Crippen LogP contribution in [0.2, 0.25) is 0 Å². The zero-order valence-electron chi connectivity index (χ0n) is 14.4. The smallest absolute Gasteiger partial charge is 0.203 e. The highest BCUT2D eigenvalue weighted by Crippen LogP contribution is 2.38. The molecule has 0 radical (unpaired) electrons. The number of benzene rings is 1. The lowest BCUT2D eigenvalue weighted by Crippen LogP contribution is -2.38. The van der Waals surface area contributed by atoms with Gasteiger partial charge in [-0.2, -0.15) is 0 Å². The molecule has 0 saturated heterocycles. The largest absolute Gasteiger partial charge is 0.493 e. The molecule has 1 aromatic carbocycles. The molecule has 2 rings (SSSR count). The standard InChI is InChI=1S/C17H27N3O3/c1-5-18-17(19-10-12-6-7-12)20-11-13-8-14(21-2)16(23-4)15(9-13)22-3/h8-9,12H,5-7,10-11H2,1-4H3,(H2,18,19,20). The van der Waals surface area contributed by atoms with Gasteiger partial charge in [0.15, 0.2) is 17.5 Å². The van der Waals surface area contributed by atoms with Gasteiger partial charge >= 0.3 is 0 Å². The molecule has 0 spiro atoms. The quantitative estimate of drug-likeness (QED) is 0.567. The highest BCUT2D eigenvalue weighted by atomic mass is 16.5. The molecule has 0 bridgehead atoms. The van der Waals surface area contributed by atoms with Gasteiger partial charge in [0, 0.05) is 13.1 Å². The van der Waals surface area contributed by atoms with Crippen molar-refractivity contribution in [2.45, 2.75) is 26.3 Å². The van der Waals surface area contributed by atoms with E-state index in [2.05, 4.69) is 22.5 Å². The van der Waals surface area contributed by atoms with E-state index in [-0.39, 0.29) is 0 Å². The Morgan fingerprint density at radius 2 is 1.74 bits per heavy atom. The SMILES string of the molecule is CCNC(=NCc1cc(OC)c(OC)c(OC)c1)NCC1CC1. The summed E-state index contributed by atoms with van der Waals surface area (Å²) in [4.78, 5) is 4.63. The third-order valence-corrected chi connectivity index (χ3v) is 3.74. The molecule has 0 aromatic heterocycles. The van der Waals surface area contributed by atoms with Gasteiger partial charge in [-0.1, -0.05) is 0 Å². The summed E-state index contributed by atoms with van der Waals surface area (Å²) in [6, 6.07) is 3.85. The first kappa shape index (κ1) is 17.2. The monoisotopic (exact) mass is 321 g/mol. The van der Waals surface area contributed by atoms with Crippen molar-refractivity contribution in [1.29, 1.82) is 0 Å². The molecule has 6 heteroatoms. The van der Waals surface area contributed by atoms with Gasteiger partial charge in [-0.25, -0.2) is 4.99 Å². The summed E-state index contributed by atoms with van der Waals surface area (Å²) in [7, 11) is 4.83. The van der Waals surface area contributed by atoms with Gasteiger partial charge in [0.2, 0.25) is 5.75 Å². The van der Waals surface area contributed by atoms with E-state index in [9.17, 15) is 0 Å². The number of guanidine groups is 1. The molecule has 0 amide bonds. The average Bonchev–Trinajstić information content (AvgIpc) is 3.40. The predicted molar refractivity (Wildman–Crippen MR) is 91.6 cm³/mol. The Labute approximate surface area is 138 Å². The van der Waals surface area contributed by atoms with Crippen molar-refractivity contribution in [3.63, 3.8) is 0 Å². The second-order valence-electron chi connectivity index (χ2n) is 5.55. The van der Waals surface area contributed by atoms with E-state index < -0.39 is 0 Å². The van der Waals surface area contributed by atoms with Crippen LogP contribution in [-0.2, 0) is 6.54 Å². The Morgan fingerprint density at radius 3 is 2.22 bits per heavy atom. The van der Waals surface area contributed by atoms with Crippen molar-refractivity contribution in [3.05, 3.63) is 17.7 Å². The first-order valence-corrected chi connectivity index (χ1v) is 8.02. The lowest BCUT2D eigenvalue weighted by atomic mass is 10.2. The van der Waals surface area contributed by atoms with Crippen molar-refractivity contribution < 1.29 is 14.2 Å². The van der Waals surface area contributed by atoms with E-state index in [0.717, 1.165) is 30.5 Å². The summed E-state index contributed by atoms with van der Waals surface area (Å²) < 4.78 is 16.1. The number of methoxy groups -OCH3 is 3. The molecule has 0 unspecified atom stereocenters. The summed E-state index contributed by atoms with van der Waals surface area (Å²) in [6.45, 7) is 4.43. The molecule has 2 N–H and O–H groups in total. The Morgan fingerprint density at radius 1 is 1.09 bits per heavy atom. The highest BCUT2D eigenvalue weighted by molar-refractivity contribution is 5.79. The summed E-state index contributed by atoms with van der Waals surface area (Å²) >= 11 is 0. The number of nitrogens with zero attached hydrogens (tertiary/aromatic N) is 1. The molecule has 0 aliphatic heterocycles. The summed E-state index contributed by atoms with van der Waals surface area (Å²) in [5, 5.41) is 6.65. The van der Waals surface area contributed by atoms with Gasteiger partial charge in [-0.3, -0.25) is 0 Å². The number of hydrogen-bond acceptors (Lipinski definition) is 4. The summed E-state index contributed by atoms with van der Waals surface area (Å²) in [5.41, 5.74) is 1.00. The average molecular weight is 321 g/mol. The van der Waals surface area contributed by atoms with Crippen molar-refractivity contribution >= 4 is 5.96 Å². The van der Waals surface area contributed by atoms with E-state index in [1.807, 2.05) is 12.1 Å². The topological polar surface area (TPSA) is 64.1 Å². The van der Waals surface area contributed by atoms with E-state index in [1.165, 1.54) is 12.8 Å². The number of aliphatic imine (C=N–C) groups is 1. The molecular formula is C17H27N3O3. The maximum atomic E-state index is 5.38. The molecule has 1 aromatic rings. The van der Waals surface area contributed by atoms with E-state index in [4.69, 9.17) is 14.2 Å². The Balaban J connectivity index is 2.10. The minimum Gasteiger partial charge on any atom is -0.493 e. The van der Waals surface area contributed by atoms with Gasteiger partial charge in [0.05, 0.1) is 27.9 Å². The van der Waals surface area contributed by atoms with Crippen molar-refractivity contribution in [1.82, 2.24) is 10.6 Å². The van der Waals surface area contributed by atoms with Crippen LogP contribution in [-0.4, -0.2) is 40.4 Å². The summed E-state index contributed by atoms with van der Waals surface area (Å²) in [5.74, 6) is 3.54. The van der Waals surface area contributed by atoms with E-state index in [1.54, 1.807) is 21.3 Å². The predicted octanol–water partition coefficient (Wildman–Crippen LogP) is 2.18. The highest BCUT2D eigenvalue weighted by Gasteiger charge is 2.21. The van der Waals surface area contributed by atoms with Crippen LogP contribution in [0.5, 0.6) is 17.2 Å². The molecule has 1 saturated carbocycles. The normalized spacial score (nSPS) is 14.3. The zero-order chi connectivity index (χ0) is 16.7. The van der Waals surface area contributed by atoms with Crippen LogP contribution >= 0.6 is 0 Å². The maximum Gasteiger partial charge on any atom is 0.203 e. The Kier molecular flexibility index (Phi) is 6.38. The van der Waals surface area contributed by atoms with Crippen LogP contribution < -0.4 is 24.8 Å². The van der Waals surface area contributed by atoms with Crippen LogP contribution in [0, 0.1) is 5.92 Å². The van der Waals surface area contributed by atoms with Crippen LogP contribution in [0.25, 0.3) is 0 Å². The first-order chi connectivity index (χ1) is 11.2. The number of nitrogens with one attached hydrogen (secondary N) is 2. The lowest BCUT2D eigenvalue weighted by Gasteiger charge is -2.14. The van der Waals surface area contributed by atoms with Crippen LogP contribution in [0.4, 0.5) is 0 Å². The molecule has 128 valence electrons. The Bertz CT molecular complexity index is 517. The zero-order valence-corrected chi connectivity index (χ0v) is 14.4. The number of rotatable bonds is 8. The third-order valence-electron chi connectivity index (χ3n) is 3.74. The molecule has 23 heavy (non-hydrogen) atoms. The fraction of sp³-hybridized carbons (Fsp3) is 0.588. The minimum atomic E-state index is 0.538. The lowest BCUT2D eigenvalue weighted by molar-refractivity contribution is 0.324. The van der Waals surface area contributed by atoms with Gasteiger partial charge in [-0.15, -0.1) is 0 Å². The molecule has 6 nitrogen and oxygen atoms in total. The van der Waals surface area contributed by atoms with E-state index in [0.29, 0.717) is 23.8 Å². The van der Waals surface area contributed by atoms with Gasteiger partial charge in [0.25, 0.3) is 0 Å². The molecule has 0 heterocycles. The molecule has 1 fully saturated rings. The first-order valence-electron chi connectivity index (χ1n) is 8.02. The third kappa shape index (κ3) is 4.94. The maximum absolute atomic E-state index is 5.38. The number of ether oxygens (including phenoxy) is 3. The minimum absolute atomic E-state index is 0.538. The van der Waals surface area contributed by atoms with Gasteiger partial charge in [-0.05, 0) is 43.4 Å². The fourth-order valence-corrected chi connectivity index (χ4v) is 2.30. The van der Waals surface area contributed by atoms with Crippen molar-refractivity contribution in [2.75, 3.05) is 34.4 Å². The second-order valence-corrected chi connectivity index (χ2v) is 5.55. The van der Waals surface area contributed by atoms with Crippen LogP contribution in [0.1, 0.15) is 25.3 Å². The van der Waals surface area contributed by atoms with Crippen molar-refractivity contribution in [3.8, 4) is 17.2 Å². The van der Waals surface area contributed by atoms with Crippen LogP contribution in [0.3, 0.4) is 0 Å². The second kappa shape index (κ2) is 8.50. The van der Waals surface area contributed by atoms with Crippen molar-refractivity contribution in [2.24, 2.45) is 10.9 Å². The summed E-state index contributed by atoms with van der Waals surface area (Å²) in [6.07, 6.45) is 2.64. The van der Waals surface area contributed by atoms with Gasteiger partial charge < -0.3 is 24.8 Å². The molecule has 1 aliphatic carbocycles. The molecule has 0 atom stereocenters. The van der Waals surface area contributed by atoms with Gasteiger partial charge in [0.1, 0.15) is 0 Å². The fourth-order valence-electron chi connectivity index (χ4n) is 2.30. The molecular weight excluding hydrogens is 294 g/mol. The number of hydrogen-bond donors (Lipinski definition) is 2.